The van der Waals surface area contributed by atoms with Crippen molar-refractivity contribution in [2.24, 2.45) is 5.73 Å². The highest BCUT2D eigenvalue weighted by molar-refractivity contribution is 9.10. The molecule has 146 valence electrons. The van der Waals surface area contributed by atoms with Gasteiger partial charge in [-0.1, -0.05) is 11.6 Å². The normalized spacial score (nSPS) is 12.8. The number of halogens is 4. The van der Waals surface area contributed by atoms with Crippen LogP contribution in [0.2, 0.25) is 5.15 Å². The van der Waals surface area contributed by atoms with Gasteiger partial charge in [0.15, 0.2) is 5.58 Å². The molecule has 0 aromatic carbocycles. The Kier molecular flexibility index (Phi) is 6.99. The van der Waals surface area contributed by atoms with E-state index in [1.165, 1.54) is 11.3 Å². The average molecular weight is 482 g/mol. The Balaban J connectivity index is 1.77. The first-order chi connectivity index (χ1) is 12.9. The van der Waals surface area contributed by atoms with Crippen LogP contribution < -0.4 is 11.1 Å². The smallest absolute Gasteiger partial charge is 0.345 e. The van der Waals surface area contributed by atoms with Crippen molar-refractivity contribution in [3.8, 4) is 0 Å². The summed E-state index contributed by atoms with van der Waals surface area (Å²) in [7, 11) is 0. The van der Waals surface area contributed by atoms with Crippen molar-refractivity contribution in [3.05, 3.63) is 38.0 Å². The number of hydrogen-bond donors (Lipinski definition) is 2. The molecule has 0 aliphatic heterocycles. The Morgan fingerprint density at radius 3 is 2.96 bits per heavy atom. The molecule has 0 bridgehead atoms. The number of nitrogens with zero attached hydrogens (tertiary/aromatic N) is 2. The molecule has 0 amide bonds. The summed E-state index contributed by atoms with van der Waals surface area (Å²) in [4.78, 5) is 8.52. The number of anilines is 1. The predicted molar refractivity (Wildman–Crippen MR) is 104 cm³/mol. The molecule has 0 saturated heterocycles. The number of thiazole rings is 1. The molecule has 3 N–H and O–H groups in total. The molecule has 0 radical (unpaired) electrons. The molecule has 27 heavy (non-hydrogen) atoms. The summed E-state index contributed by atoms with van der Waals surface area (Å²) < 4.78 is 34.9. The molecule has 3 aromatic rings. The number of alkyl halides is 2. The molecule has 3 heterocycles. The average Bonchev–Trinajstić information content (AvgIpc) is 3.22. The van der Waals surface area contributed by atoms with E-state index in [9.17, 15) is 8.78 Å². The molecular formula is C16H16BrClF2N4O2S. The molecule has 0 fully saturated rings. The monoisotopic (exact) mass is 480 g/mol. The van der Waals surface area contributed by atoms with Crippen LogP contribution in [0.4, 0.5) is 14.5 Å². The van der Waals surface area contributed by atoms with Gasteiger partial charge < -0.3 is 20.2 Å². The summed E-state index contributed by atoms with van der Waals surface area (Å²) in [5.41, 5.74) is 7.78. The number of nitrogens with one attached hydrogen (secondary N) is 1. The van der Waals surface area contributed by atoms with Gasteiger partial charge in [-0.3, -0.25) is 0 Å². The molecule has 11 heteroatoms. The zero-order chi connectivity index (χ0) is 19.4. The molecule has 6 nitrogen and oxygen atoms in total. The summed E-state index contributed by atoms with van der Waals surface area (Å²) in [6.45, 7) is -2.40. The van der Waals surface area contributed by atoms with Crippen molar-refractivity contribution < 1.29 is 17.9 Å². The van der Waals surface area contributed by atoms with E-state index in [1.54, 1.807) is 12.3 Å². The molecule has 0 spiro atoms. The maximum absolute atomic E-state index is 12.1. The minimum absolute atomic E-state index is 0.124. The van der Waals surface area contributed by atoms with Gasteiger partial charge in [0.1, 0.15) is 21.4 Å². The van der Waals surface area contributed by atoms with Crippen LogP contribution in [-0.4, -0.2) is 29.2 Å². The number of nitrogens with two attached hydrogens (primary N) is 1. The Hall–Kier alpha value is -1.33. The quantitative estimate of drug-likeness (QED) is 0.427. The Morgan fingerprint density at radius 2 is 2.26 bits per heavy atom. The van der Waals surface area contributed by atoms with Gasteiger partial charge in [-0.25, -0.2) is 9.97 Å². The lowest BCUT2D eigenvalue weighted by molar-refractivity contribution is -0.129. The van der Waals surface area contributed by atoms with E-state index >= 15 is 0 Å². The van der Waals surface area contributed by atoms with Gasteiger partial charge in [0.25, 0.3) is 0 Å². The Bertz CT molecular complexity index is 894. The molecule has 0 aliphatic carbocycles. The fraction of sp³-hybridized carbons (Fsp3) is 0.375. The molecule has 1 atom stereocenters. The van der Waals surface area contributed by atoms with Crippen LogP contribution in [-0.2, 0) is 17.7 Å². The van der Waals surface area contributed by atoms with Crippen molar-refractivity contribution in [3.63, 3.8) is 0 Å². The highest BCUT2D eigenvalue weighted by Crippen LogP contribution is 2.36. The van der Waals surface area contributed by atoms with Crippen LogP contribution in [0, 0.1) is 0 Å². The Labute approximate surface area is 171 Å². The molecule has 3 rings (SSSR count). The first-order valence-electron chi connectivity index (χ1n) is 7.99. The molecule has 0 aliphatic rings. The maximum atomic E-state index is 12.1. The second-order valence-corrected chi connectivity index (χ2v) is 7.83. The van der Waals surface area contributed by atoms with Crippen molar-refractivity contribution in [2.45, 2.75) is 32.0 Å². The standard InChI is InChI=1S/C16H16BrClF2N4O2S/c17-13-10(5-8(21)1-3-25-16(19)20)26-15-9(6-11(18)24-14(13)15)23-7-12-22-2-4-27-12/h2,4,6,8,16H,1,3,5,7,21H2,(H,23,24)/t8-/m0/s1. The number of pyridine rings is 1. The van der Waals surface area contributed by atoms with E-state index in [0.29, 0.717) is 45.1 Å². The van der Waals surface area contributed by atoms with E-state index in [1.807, 2.05) is 5.38 Å². The molecule has 3 aromatic heterocycles. The highest BCUT2D eigenvalue weighted by atomic mass is 79.9. The third-order valence-corrected chi connectivity index (χ3v) is 5.50. The van der Waals surface area contributed by atoms with Crippen molar-refractivity contribution in [1.29, 1.82) is 0 Å². The number of fused-ring (bicyclic) bond motifs is 1. The largest absolute Gasteiger partial charge is 0.456 e. The second-order valence-electron chi connectivity index (χ2n) is 5.67. The van der Waals surface area contributed by atoms with E-state index in [0.717, 1.165) is 5.01 Å². The number of rotatable bonds is 9. The predicted octanol–water partition coefficient (Wildman–Crippen LogP) is 4.81. The minimum Gasteiger partial charge on any atom is -0.456 e. The van der Waals surface area contributed by atoms with E-state index in [2.05, 4.69) is 36.0 Å². The van der Waals surface area contributed by atoms with Gasteiger partial charge in [-0.2, -0.15) is 8.78 Å². The zero-order valence-electron chi connectivity index (χ0n) is 13.9. The van der Waals surface area contributed by atoms with Crippen LogP contribution in [0.15, 0.2) is 26.5 Å². The van der Waals surface area contributed by atoms with Gasteiger partial charge in [-0.15, -0.1) is 11.3 Å². The SMILES string of the molecule is N[C@@H](CCOC(F)F)Cc1oc2c(NCc3nccs3)cc(Cl)nc2c1Br. The van der Waals surface area contributed by atoms with Crippen LogP contribution in [0.25, 0.3) is 11.1 Å². The fourth-order valence-electron chi connectivity index (χ4n) is 2.48. The van der Waals surface area contributed by atoms with Crippen LogP contribution in [0.5, 0.6) is 0 Å². The van der Waals surface area contributed by atoms with Gasteiger partial charge >= 0.3 is 6.61 Å². The third kappa shape index (κ3) is 5.35. The lowest BCUT2D eigenvalue weighted by atomic mass is 10.1. The number of aromatic nitrogens is 2. The van der Waals surface area contributed by atoms with E-state index in [4.69, 9.17) is 21.8 Å². The number of ether oxygens (including phenoxy) is 1. The summed E-state index contributed by atoms with van der Waals surface area (Å²) in [5, 5.41) is 6.37. The summed E-state index contributed by atoms with van der Waals surface area (Å²) >= 11 is 11.1. The van der Waals surface area contributed by atoms with Crippen LogP contribution >= 0.6 is 38.9 Å². The summed E-state index contributed by atoms with van der Waals surface area (Å²) in [6, 6.07) is 1.27. The van der Waals surface area contributed by atoms with Gasteiger partial charge in [0.2, 0.25) is 0 Å². The van der Waals surface area contributed by atoms with Crippen molar-refractivity contribution >= 4 is 55.7 Å². The number of hydrogen-bond acceptors (Lipinski definition) is 7. The summed E-state index contributed by atoms with van der Waals surface area (Å²) in [5.74, 6) is 0.571. The zero-order valence-corrected chi connectivity index (χ0v) is 17.1. The van der Waals surface area contributed by atoms with Crippen molar-refractivity contribution in [2.75, 3.05) is 11.9 Å². The fourth-order valence-corrected chi connectivity index (χ4v) is 3.74. The first kappa shape index (κ1) is 20.4. The third-order valence-electron chi connectivity index (χ3n) is 3.71. The number of furan rings is 1. The second kappa shape index (κ2) is 9.24. The van der Waals surface area contributed by atoms with Crippen LogP contribution in [0.1, 0.15) is 17.2 Å². The lowest BCUT2D eigenvalue weighted by Crippen LogP contribution is -2.25. The highest BCUT2D eigenvalue weighted by Gasteiger charge is 2.20. The maximum Gasteiger partial charge on any atom is 0.345 e. The Morgan fingerprint density at radius 1 is 1.44 bits per heavy atom. The van der Waals surface area contributed by atoms with Gasteiger partial charge in [0, 0.05) is 30.1 Å². The first-order valence-corrected chi connectivity index (χ1v) is 10.0. The molecular weight excluding hydrogens is 466 g/mol. The summed E-state index contributed by atoms with van der Waals surface area (Å²) in [6.07, 6.45) is 2.35. The lowest BCUT2D eigenvalue weighted by Gasteiger charge is -2.10. The topological polar surface area (TPSA) is 86.2 Å². The van der Waals surface area contributed by atoms with E-state index in [-0.39, 0.29) is 13.0 Å². The minimum atomic E-state index is -2.80. The van der Waals surface area contributed by atoms with Crippen molar-refractivity contribution in [1.82, 2.24) is 9.97 Å². The van der Waals surface area contributed by atoms with Gasteiger partial charge in [0.05, 0.1) is 23.3 Å². The van der Waals surface area contributed by atoms with Crippen LogP contribution in [0.3, 0.4) is 0 Å². The van der Waals surface area contributed by atoms with E-state index < -0.39 is 12.7 Å². The molecule has 0 saturated carbocycles. The molecule has 0 unspecified atom stereocenters. The van der Waals surface area contributed by atoms with Gasteiger partial charge in [-0.05, 0) is 22.4 Å².